The van der Waals surface area contributed by atoms with Crippen molar-refractivity contribution in [3.05, 3.63) is 212 Å². The molecule has 306 valence electrons. The standard InChI is InChI=1S/C60H35N5O/c1-2-13-36(14-3-1)38-25-27-47-48-28-24-37-15-4-7-18-42(37)57(48)65(53(47)34-38)52-31-30-49(45-21-10-11-22-46(45)52)59-62-58(40-26-29-50-55(35-40)66-54-23-12-32-61-56(50)54)63-60(64-59)51-33-39-16-5-6-17-41(39)43-19-8-9-20-44(43)51/h1-35H. The van der Waals surface area contributed by atoms with E-state index in [2.05, 4.69) is 198 Å². The smallest absolute Gasteiger partial charge is 0.164 e. The maximum Gasteiger partial charge on any atom is 0.164 e. The van der Waals surface area contributed by atoms with Crippen LogP contribution in [0.3, 0.4) is 0 Å². The third-order valence-electron chi connectivity index (χ3n) is 13.3. The minimum absolute atomic E-state index is 0.554. The Labute approximate surface area is 377 Å². The zero-order valence-electron chi connectivity index (χ0n) is 35.4. The molecular weight excluding hydrogens is 807 g/mol. The molecule has 0 aliphatic heterocycles. The van der Waals surface area contributed by atoms with Gasteiger partial charge in [0.1, 0.15) is 11.1 Å². The van der Waals surface area contributed by atoms with Crippen molar-refractivity contribution in [2.75, 3.05) is 0 Å². The summed E-state index contributed by atoms with van der Waals surface area (Å²) in [5.41, 5.74) is 10.7. The fourth-order valence-corrected chi connectivity index (χ4v) is 10.2. The number of hydrogen-bond donors (Lipinski definition) is 0. The maximum atomic E-state index is 6.34. The molecule has 0 spiro atoms. The summed E-state index contributed by atoms with van der Waals surface area (Å²) >= 11 is 0. The van der Waals surface area contributed by atoms with Crippen LogP contribution in [0.5, 0.6) is 0 Å². The Morgan fingerprint density at radius 2 is 1.00 bits per heavy atom. The summed E-state index contributed by atoms with van der Waals surface area (Å²) in [6.07, 6.45) is 1.80. The second-order valence-corrected chi connectivity index (χ2v) is 17.0. The molecule has 0 aliphatic carbocycles. The molecule has 0 fully saturated rings. The van der Waals surface area contributed by atoms with Crippen molar-refractivity contribution in [2.24, 2.45) is 0 Å². The van der Waals surface area contributed by atoms with Crippen molar-refractivity contribution in [1.29, 1.82) is 0 Å². The van der Waals surface area contributed by atoms with Crippen LogP contribution in [0.25, 0.3) is 138 Å². The zero-order valence-corrected chi connectivity index (χ0v) is 35.4. The van der Waals surface area contributed by atoms with E-state index in [1.165, 1.54) is 43.6 Å². The molecule has 0 bridgehead atoms. The number of pyridine rings is 1. The number of fused-ring (bicyclic) bond motifs is 12. The van der Waals surface area contributed by atoms with Gasteiger partial charge in [-0.25, -0.2) is 15.0 Å². The van der Waals surface area contributed by atoms with Crippen molar-refractivity contribution >= 4 is 87.0 Å². The van der Waals surface area contributed by atoms with Crippen LogP contribution in [0.4, 0.5) is 0 Å². The lowest BCUT2D eigenvalue weighted by Crippen LogP contribution is -2.02. The molecule has 14 aromatic rings. The summed E-state index contributed by atoms with van der Waals surface area (Å²) in [7, 11) is 0. The zero-order chi connectivity index (χ0) is 43.3. The van der Waals surface area contributed by atoms with E-state index in [-0.39, 0.29) is 0 Å². The van der Waals surface area contributed by atoms with E-state index in [1.807, 2.05) is 18.2 Å². The van der Waals surface area contributed by atoms with Crippen molar-refractivity contribution in [3.8, 4) is 51.0 Å². The molecular formula is C60H35N5O. The lowest BCUT2D eigenvalue weighted by atomic mass is 9.96. The van der Waals surface area contributed by atoms with Crippen LogP contribution >= 0.6 is 0 Å². The molecule has 10 aromatic carbocycles. The monoisotopic (exact) mass is 841 g/mol. The van der Waals surface area contributed by atoms with E-state index in [1.54, 1.807) is 6.20 Å². The highest BCUT2D eigenvalue weighted by atomic mass is 16.3. The largest absolute Gasteiger partial charge is 0.454 e. The first-order chi connectivity index (χ1) is 32.7. The Balaban J connectivity index is 1.04. The van der Waals surface area contributed by atoms with Crippen LogP contribution in [-0.4, -0.2) is 24.5 Å². The molecule has 0 saturated heterocycles. The molecule has 66 heavy (non-hydrogen) atoms. The normalized spacial score (nSPS) is 11.9. The molecule has 6 nitrogen and oxygen atoms in total. The molecule has 0 saturated carbocycles. The Morgan fingerprint density at radius 3 is 1.85 bits per heavy atom. The van der Waals surface area contributed by atoms with Gasteiger partial charge in [-0.3, -0.25) is 4.98 Å². The van der Waals surface area contributed by atoms with Gasteiger partial charge < -0.3 is 8.98 Å². The average molecular weight is 842 g/mol. The van der Waals surface area contributed by atoms with E-state index >= 15 is 0 Å². The van der Waals surface area contributed by atoms with Crippen molar-refractivity contribution < 1.29 is 4.42 Å². The first-order valence-electron chi connectivity index (χ1n) is 22.2. The van der Waals surface area contributed by atoms with E-state index in [0.29, 0.717) is 17.5 Å². The summed E-state index contributed by atoms with van der Waals surface area (Å²) in [5.74, 6) is 1.73. The van der Waals surface area contributed by atoms with Gasteiger partial charge >= 0.3 is 0 Å². The molecule has 4 heterocycles. The summed E-state index contributed by atoms with van der Waals surface area (Å²) in [6.45, 7) is 0. The van der Waals surface area contributed by atoms with E-state index in [4.69, 9.17) is 19.4 Å². The second-order valence-electron chi connectivity index (χ2n) is 17.0. The van der Waals surface area contributed by atoms with Crippen LogP contribution in [0.2, 0.25) is 0 Å². The Bertz CT molecular complexity index is 4300. The molecule has 6 heteroatoms. The van der Waals surface area contributed by atoms with Crippen molar-refractivity contribution in [1.82, 2.24) is 24.5 Å². The van der Waals surface area contributed by atoms with E-state index < -0.39 is 0 Å². The molecule has 4 aromatic heterocycles. The van der Waals surface area contributed by atoms with Crippen molar-refractivity contribution in [2.45, 2.75) is 0 Å². The molecule has 0 amide bonds. The molecule has 0 N–H and O–H groups in total. The Morgan fingerprint density at radius 1 is 0.348 bits per heavy atom. The summed E-state index contributed by atoms with van der Waals surface area (Å²) in [4.78, 5) is 20.7. The summed E-state index contributed by atoms with van der Waals surface area (Å²) in [5, 5.41) is 12.4. The van der Waals surface area contributed by atoms with E-state index in [9.17, 15) is 0 Å². The van der Waals surface area contributed by atoms with Gasteiger partial charge in [0, 0.05) is 49.8 Å². The number of rotatable bonds is 5. The van der Waals surface area contributed by atoms with Crippen LogP contribution < -0.4 is 0 Å². The molecule has 14 rings (SSSR count). The highest BCUT2D eigenvalue weighted by Crippen LogP contribution is 2.42. The number of hydrogen-bond acceptors (Lipinski definition) is 5. The second kappa shape index (κ2) is 14.3. The average Bonchev–Trinajstić information content (AvgIpc) is 3.93. The summed E-state index contributed by atoms with van der Waals surface area (Å²) in [6, 6.07) is 73.0. The van der Waals surface area contributed by atoms with Gasteiger partial charge in [0.2, 0.25) is 0 Å². The molecule has 0 radical (unpaired) electrons. The van der Waals surface area contributed by atoms with Gasteiger partial charge in [0.25, 0.3) is 0 Å². The Kier molecular flexibility index (Phi) is 7.88. The quantitative estimate of drug-likeness (QED) is 0.161. The summed E-state index contributed by atoms with van der Waals surface area (Å²) < 4.78 is 8.81. The van der Waals surface area contributed by atoms with Gasteiger partial charge in [0.05, 0.1) is 16.7 Å². The van der Waals surface area contributed by atoms with Gasteiger partial charge in [0.15, 0.2) is 23.1 Å². The van der Waals surface area contributed by atoms with Gasteiger partial charge in [-0.2, -0.15) is 0 Å². The number of nitrogens with zero attached hydrogens (tertiary/aromatic N) is 5. The van der Waals surface area contributed by atoms with Gasteiger partial charge in [-0.05, 0) is 92.0 Å². The third-order valence-corrected chi connectivity index (χ3v) is 13.3. The van der Waals surface area contributed by atoms with Gasteiger partial charge in [-0.1, -0.05) is 158 Å². The highest BCUT2D eigenvalue weighted by Gasteiger charge is 2.22. The van der Waals surface area contributed by atoms with Crippen LogP contribution in [0.15, 0.2) is 217 Å². The molecule has 0 atom stereocenters. The van der Waals surface area contributed by atoms with Crippen LogP contribution in [-0.2, 0) is 0 Å². The minimum atomic E-state index is 0.554. The number of aromatic nitrogens is 5. The SMILES string of the molecule is c1ccc(-c2ccc3c4ccc5ccccc5c4n(-c4ccc(-c5nc(-c6ccc7c(c6)oc6cccnc67)nc(-c6cc7ccccc7c7ccccc67)n5)c5ccccc45)c3c2)cc1. The molecule has 0 aliphatic rings. The predicted molar refractivity (Wildman–Crippen MR) is 271 cm³/mol. The minimum Gasteiger partial charge on any atom is -0.454 e. The topological polar surface area (TPSA) is 69.6 Å². The lowest BCUT2D eigenvalue weighted by molar-refractivity contribution is 0.668. The fraction of sp³-hybridized carbons (Fsp3) is 0. The molecule has 0 unspecified atom stereocenters. The fourth-order valence-electron chi connectivity index (χ4n) is 10.2. The highest BCUT2D eigenvalue weighted by molar-refractivity contribution is 6.20. The van der Waals surface area contributed by atoms with Crippen molar-refractivity contribution in [3.63, 3.8) is 0 Å². The predicted octanol–water partition coefficient (Wildman–Crippen LogP) is 15.5. The third kappa shape index (κ3) is 5.55. The van der Waals surface area contributed by atoms with Gasteiger partial charge in [-0.15, -0.1) is 0 Å². The maximum absolute atomic E-state index is 6.34. The lowest BCUT2D eigenvalue weighted by Gasteiger charge is -2.16. The van der Waals surface area contributed by atoms with E-state index in [0.717, 1.165) is 76.9 Å². The first-order valence-corrected chi connectivity index (χ1v) is 22.2. The number of benzene rings is 10. The number of furan rings is 1. The van der Waals surface area contributed by atoms with Crippen LogP contribution in [0.1, 0.15) is 0 Å². The Hall–Kier alpha value is -9.00. The van der Waals surface area contributed by atoms with Crippen LogP contribution in [0, 0.1) is 0 Å². The first kappa shape index (κ1) is 36.5.